The van der Waals surface area contributed by atoms with Crippen molar-refractivity contribution in [2.24, 2.45) is 0 Å². The Balaban J connectivity index is 1.43. The van der Waals surface area contributed by atoms with Gasteiger partial charge in [-0.2, -0.15) is 0 Å². The summed E-state index contributed by atoms with van der Waals surface area (Å²) in [6.45, 7) is 2.54. The predicted molar refractivity (Wildman–Crippen MR) is 111 cm³/mol. The van der Waals surface area contributed by atoms with E-state index >= 15 is 0 Å². The summed E-state index contributed by atoms with van der Waals surface area (Å²) in [5.41, 5.74) is 2.83. The maximum atomic E-state index is 12.1. The first-order chi connectivity index (χ1) is 13.6. The Morgan fingerprint density at radius 3 is 2.25 bits per heavy atom. The number of hydrogen-bond donors (Lipinski definition) is 2. The van der Waals surface area contributed by atoms with Gasteiger partial charge in [0.1, 0.15) is 12.2 Å². The quantitative estimate of drug-likeness (QED) is 0.722. The number of amides is 2. The Hall–Kier alpha value is -3.02. The van der Waals surface area contributed by atoms with E-state index in [4.69, 9.17) is 4.74 Å². The maximum absolute atomic E-state index is 12.1. The lowest BCUT2D eigenvalue weighted by Gasteiger charge is -2.28. The number of nitrogens with one attached hydrogen (secondary N) is 2. The zero-order valence-electron chi connectivity index (χ0n) is 16.2. The Morgan fingerprint density at radius 2 is 1.61 bits per heavy atom. The monoisotopic (exact) mass is 381 g/mol. The smallest absolute Gasteiger partial charge is 0.233 e. The fraction of sp³-hybridized carbons (Fsp3) is 0.364. The van der Waals surface area contributed by atoms with E-state index in [1.165, 1.54) is 24.9 Å². The summed E-state index contributed by atoms with van der Waals surface area (Å²) in [6, 6.07) is 15.2. The zero-order valence-corrected chi connectivity index (χ0v) is 16.2. The van der Waals surface area contributed by atoms with Gasteiger partial charge in [0.05, 0.1) is 7.11 Å². The fourth-order valence-electron chi connectivity index (χ4n) is 3.27. The van der Waals surface area contributed by atoms with Crippen LogP contribution >= 0.6 is 0 Å². The zero-order chi connectivity index (χ0) is 19.8. The maximum Gasteiger partial charge on any atom is 0.233 e. The van der Waals surface area contributed by atoms with Crippen LogP contribution in [0.15, 0.2) is 48.5 Å². The number of rotatable bonds is 7. The van der Waals surface area contributed by atoms with Gasteiger partial charge in [0.25, 0.3) is 0 Å². The van der Waals surface area contributed by atoms with Crippen molar-refractivity contribution >= 4 is 23.2 Å². The van der Waals surface area contributed by atoms with Crippen LogP contribution in [0.3, 0.4) is 0 Å². The van der Waals surface area contributed by atoms with Gasteiger partial charge in [-0.05, 0) is 61.2 Å². The number of carbonyl (C=O) groups excluding carboxylic acids is 2. The summed E-state index contributed by atoms with van der Waals surface area (Å²) in [7, 11) is 1.61. The molecular formula is C22H27N3O3. The first-order valence-electron chi connectivity index (χ1n) is 9.68. The van der Waals surface area contributed by atoms with E-state index in [1.807, 2.05) is 48.5 Å². The number of nitrogens with zero attached hydrogens (tertiary/aromatic N) is 1. The molecule has 1 fully saturated rings. The van der Waals surface area contributed by atoms with Crippen LogP contribution in [0, 0.1) is 0 Å². The van der Waals surface area contributed by atoms with E-state index in [-0.39, 0.29) is 18.2 Å². The molecule has 0 spiro atoms. The third-order valence-electron chi connectivity index (χ3n) is 4.84. The second kappa shape index (κ2) is 9.78. The van der Waals surface area contributed by atoms with Crippen LogP contribution in [0.1, 0.15) is 31.2 Å². The van der Waals surface area contributed by atoms with Crippen molar-refractivity contribution < 1.29 is 14.3 Å². The predicted octanol–water partition coefficient (Wildman–Crippen LogP) is 3.33. The average molecular weight is 381 g/mol. The lowest BCUT2D eigenvalue weighted by Crippen LogP contribution is -2.29. The molecule has 1 saturated heterocycles. The number of anilines is 2. The molecule has 0 atom stereocenters. The Labute approximate surface area is 165 Å². The van der Waals surface area contributed by atoms with Gasteiger partial charge in [0, 0.05) is 31.0 Å². The van der Waals surface area contributed by atoms with Crippen molar-refractivity contribution in [3.8, 4) is 5.75 Å². The first-order valence-corrected chi connectivity index (χ1v) is 9.68. The third-order valence-corrected chi connectivity index (χ3v) is 4.84. The van der Waals surface area contributed by atoms with Crippen LogP contribution < -0.4 is 20.3 Å². The minimum atomic E-state index is -0.321. The Morgan fingerprint density at radius 1 is 0.929 bits per heavy atom. The normalized spacial score (nSPS) is 13.7. The van der Waals surface area contributed by atoms with Crippen LogP contribution in [0.2, 0.25) is 0 Å². The van der Waals surface area contributed by atoms with Gasteiger partial charge < -0.3 is 20.3 Å². The van der Waals surface area contributed by atoms with E-state index in [0.717, 1.165) is 24.4 Å². The molecule has 6 heteroatoms. The van der Waals surface area contributed by atoms with Crippen molar-refractivity contribution in [2.75, 3.05) is 30.4 Å². The fourth-order valence-corrected chi connectivity index (χ4v) is 3.27. The average Bonchev–Trinajstić information content (AvgIpc) is 2.74. The van der Waals surface area contributed by atoms with Crippen LogP contribution in [0.4, 0.5) is 11.4 Å². The second-order valence-electron chi connectivity index (χ2n) is 6.94. The molecule has 0 radical (unpaired) electrons. The van der Waals surface area contributed by atoms with Gasteiger partial charge in [-0.25, -0.2) is 0 Å². The van der Waals surface area contributed by atoms with Gasteiger partial charge in [0.15, 0.2) is 0 Å². The molecule has 1 aliphatic rings. The first kappa shape index (κ1) is 19.7. The summed E-state index contributed by atoms with van der Waals surface area (Å²) in [5, 5.41) is 5.54. The molecule has 2 aromatic rings. The van der Waals surface area contributed by atoms with Crippen LogP contribution in [-0.4, -0.2) is 32.0 Å². The molecular weight excluding hydrogens is 354 g/mol. The largest absolute Gasteiger partial charge is 0.497 e. The molecule has 0 saturated carbocycles. The Kier molecular flexibility index (Phi) is 6.89. The van der Waals surface area contributed by atoms with Gasteiger partial charge in [0.2, 0.25) is 11.8 Å². The van der Waals surface area contributed by atoms with Gasteiger partial charge >= 0.3 is 0 Å². The van der Waals surface area contributed by atoms with Crippen molar-refractivity contribution in [3.05, 3.63) is 54.1 Å². The van der Waals surface area contributed by atoms with E-state index in [2.05, 4.69) is 15.5 Å². The number of benzene rings is 2. The summed E-state index contributed by atoms with van der Waals surface area (Å²) >= 11 is 0. The minimum Gasteiger partial charge on any atom is -0.497 e. The molecule has 1 aliphatic heterocycles. The molecule has 2 N–H and O–H groups in total. The van der Waals surface area contributed by atoms with Crippen LogP contribution in [0.25, 0.3) is 0 Å². The number of piperidine rings is 1. The van der Waals surface area contributed by atoms with Crippen molar-refractivity contribution in [1.29, 1.82) is 0 Å². The SMILES string of the molecule is COc1ccc(CNC(=O)CC(=O)Nc2ccc(N3CCCCC3)cc2)cc1. The minimum absolute atomic E-state index is 0.204. The molecule has 3 rings (SSSR count). The molecule has 0 aromatic heterocycles. The highest BCUT2D eigenvalue weighted by Gasteiger charge is 2.12. The van der Waals surface area contributed by atoms with E-state index in [9.17, 15) is 9.59 Å². The molecule has 0 bridgehead atoms. The molecule has 2 amide bonds. The summed E-state index contributed by atoms with van der Waals surface area (Å²) < 4.78 is 5.10. The number of methoxy groups -OCH3 is 1. The molecule has 148 valence electrons. The van der Waals surface area contributed by atoms with Gasteiger partial charge in [-0.15, -0.1) is 0 Å². The van der Waals surface area contributed by atoms with E-state index in [0.29, 0.717) is 12.2 Å². The van der Waals surface area contributed by atoms with E-state index in [1.54, 1.807) is 7.11 Å². The highest BCUT2D eigenvalue weighted by atomic mass is 16.5. The van der Waals surface area contributed by atoms with Gasteiger partial charge in [-0.3, -0.25) is 9.59 Å². The van der Waals surface area contributed by atoms with Crippen LogP contribution in [-0.2, 0) is 16.1 Å². The molecule has 28 heavy (non-hydrogen) atoms. The number of carbonyl (C=O) groups is 2. The highest BCUT2D eigenvalue weighted by molar-refractivity contribution is 6.03. The molecule has 0 aliphatic carbocycles. The third kappa shape index (κ3) is 5.74. The number of ether oxygens (including phenoxy) is 1. The van der Waals surface area contributed by atoms with Crippen molar-refractivity contribution in [1.82, 2.24) is 5.32 Å². The molecule has 6 nitrogen and oxygen atoms in total. The van der Waals surface area contributed by atoms with Crippen molar-refractivity contribution in [2.45, 2.75) is 32.2 Å². The molecule has 2 aromatic carbocycles. The topological polar surface area (TPSA) is 70.7 Å². The van der Waals surface area contributed by atoms with Crippen LogP contribution in [0.5, 0.6) is 5.75 Å². The van der Waals surface area contributed by atoms with Gasteiger partial charge in [-0.1, -0.05) is 12.1 Å². The highest BCUT2D eigenvalue weighted by Crippen LogP contribution is 2.21. The standard InChI is InChI=1S/C22H27N3O3/c1-28-20-11-5-17(6-12-20)16-23-21(26)15-22(27)24-18-7-9-19(10-8-18)25-13-3-2-4-14-25/h5-12H,2-4,13-16H2,1H3,(H,23,26)(H,24,27). The second-order valence-corrected chi connectivity index (χ2v) is 6.94. The lowest BCUT2D eigenvalue weighted by molar-refractivity contribution is -0.126. The summed E-state index contributed by atoms with van der Waals surface area (Å²) in [4.78, 5) is 26.5. The summed E-state index contributed by atoms with van der Waals surface area (Å²) in [6.07, 6.45) is 3.55. The molecule has 0 unspecified atom stereocenters. The Bertz CT molecular complexity index is 782. The lowest BCUT2D eigenvalue weighted by atomic mass is 10.1. The van der Waals surface area contributed by atoms with Crippen molar-refractivity contribution in [3.63, 3.8) is 0 Å². The number of hydrogen-bond acceptors (Lipinski definition) is 4. The molecule has 1 heterocycles. The van der Waals surface area contributed by atoms with E-state index < -0.39 is 0 Å². The summed E-state index contributed by atoms with van der Waals surface area (Å²) in [5.74, 6) is 0.136.